The summed E-state index contributed by atoms with van der Waals surface area (Å²) in [5.74, 6) is 1.93. The van der Waals surface area contributed by atoms with Gasteiger partial charge in [0.1, 0.15) is 6.10 Å². The third kappa shape index (κ3) is 3.45. The van der Waals surface area contributed by atoms with Crippen molar-refractivity contribution in [1.82, 2.24) is 19.5 Å². The van der Waals surface area contributed by atoms with Crippen molar-refractivity contribution in [3.8, 4) is 5.75 Å². The van der Waals surface area contributed by atoms with Gasteiger partial charge < -0.3 is 9.64 Å². The van der Waals surface area contributed by atoms with Crippen LogP contribution in [0.25, 0.3) is 0 Å². The SMILES string of the molecule is c1cnc(N2CCCC2)c(O[C@@H]2CCN(Cc3csnn3)C2)c1. The second-order valence-corrected chi connectivity index (χ2v) is 6.79. The molecule has 0 saturated carbocycles. The molecule has 0 bridgehead atoms. The molecule has 2 aliphatic rings. The minimum absolute atomic E-state index is 0.229. The highest BCUT2D eigenvalue weighted by molar-refractivity contribution is 7.03. The molecule has 1 atom stereocenters. The summed E-state index contributed by atoms with van der Waals surface area (Å²) in [6.07, 6.45) is 5.62. The molecule has 6 nitrogen and oxygen atoms in total. The van der Waals surface area contributed by atoms with Gasteiger partial charge in [0.2, 0.25) is 0 Å². The fourth-order valence-electron chi connectivity index (χ4n) is 3.34. The molecule has 2 aromatic heterocycles. The summed E-state index contributed by atoms with van der Waals surface area (Å²) in [7, 11) is 0. The van der Waals surface area contributed by atoms with E-state index in [4.69, 9.17) is 4.74 Å². The van der Waals surface area contributed by atoms with Crippen LogP contribution in [0.2, 0.25) is 0 Å². The van der Waals surface area contributed by atoms with Crippen LogP contribution in [-0.4, -0.2) is 51.8 Å². The van der Waals surface area contributed by atoms with Crippen molar-refractivity contribution in [2.75, 3.05) is 31.1 Å². The fourth-order valence-corrected chi connectivity index (χ4v) is 3.78. The van der Waals surface area contributed by atoms with Crippen molar-refractivity contribution >= 4 is 17.4 Å². The van der Waals surface area contributed by atoms with E-state index in [1.807, 2.05) is 23.7 Å². The number of hydrogen-bond acceptors (Lipinski definition) is 7. The van der Waals surface area contributed by atoms with E-state index in [-0.39, 0.29) is 6.10 Å². The number of nitrogens with zero attached hydrogens (tertiary/aromatic N) is 5. The molecule has 122 valence electrons. The largest absolute Gasteiger partial charge is 0.485 e. The van der Waals surface area contributed by atoms with E-state index in [1.54, 1.807) is 0 Å². The lowest BCUT2D eigenvalue weighted by Crippen LogP contribution is -2.26. The number of rotatable bonds is 5. The van der Waals surface area contributed by atoms with Gasteiger partial charge in [0.25, 0.3) is 0 Å². The van der Waals surface area contributed by atoms with Crippen LogP contribution in [0.4, 0.5) is 5.82 Å². The van der Waals surface area contributed by atoms with E-state index >= 15 is 0 Å². The lowest BCUT2D eigenvalue weighted by molar-refractivity contribution is 0.197. The normalized spacial score (nSPS) is 21.9. The van der Waals surface area contributed by atoms with Crippen molar-refractivity contribution in [2.24, 2.45) is 0 Å². The summed E-state index contributed by atoms with van der Waals surface area (Å²) >= 11 is 1.41. The first kappa shape index (κ1) is 14.8. The van der Waals surface area contributed by atoms with Gasteiger partial charge in [-0.25, -0.2) is 4.98 Å². The highest BCUT2D eigenvalue weighted by Gasteiger charge is 2.26. The minimum atomic E-state index is 0.229. The molecule has 4 rings (SSSR count). The highest BCUT2D eigenvalue weighted by Crippen LogP contribution is 2.30. The number of likely N-dealkylation sites (tertiary alicyclic amines) is 1. The second-order valence-electron chi connectivity index (χ2n) is 6.18. The lowest BCUT2D eigenvalue weighted by Gasteiger charge is -2.22. The maximum Gasteiger partial charge on any atom is 0.171 e. The van der Waals surface area contributed by atoms with Crippen LogP contribution < -0.4 is 9.64 Å². The number of ether oxygens (including phenoxy) is 1. The minimum Gasteiger partial charge on any atom is -0.485 e. The molecule has 23 heavy (non-hydrogen) atoms. The van der Waals surface area contributed by atoms with E-state index in [0.717, 1.165) is 56.4 Å². The average Bonchev–Trinajstić information content (AvgIpc) is 3.31. The Bertz CT molecular complexity index is 629. The highest BCUT2D eigenvalue weighted by atomic mass is 32.1. The van der Waals surface area contributed by atoms with Crippen LogP contribution in [0.5, 0.6) is 5.75 Å². The zero-order chi connectivity index (χ0) is 15.5. The van der Waals surface area contributed by atoms with Crippen LogP contribution in [0, 0.1) is 0 Å². The van der Waals surface area contributed by atoms with E-state index in [9.17, 15) is 0 Å². The van der Waals surface area contributed by atoms with E-state index in [2.05, 4.69) is 24.4 Å². The number of aromatic nitrogens is 3. The molecule has 0 unspecified atom stereocenters. The van der Waals surface area contributed by atoms with Gasteiger partial charge in [0.05, 0.1) is 5.69 Å². The molecule has 0 aliphatic carbocycles. The van der Waals surface area contributed by atoms with Crippen LogP contribution in [0.1, 0.15) is 25.0 Å². The number of hydrogen-bond donors (Lipinski definition) is 0. The van der Waals surface area contributed by atoms with Crippen molar-refractivity contribution in [3.63, 3.8) is 0 Å². The summed E-state index contributed by atoms with van der Waals surface area (Å²) in [6.45, 7) is 5.01. The molecule has 0 N–H and O–H groups in total. The Morgan fingerprint density at radius 1 is 1.26 bits per heavy atom. The van der Waals surface area contributed by atoms with Gasteiger partial charge in [-0.3, -0.25) is 4.90 Å². The smallest absolute Gasteiger partial charge is 0.171 e. The summed E-state index contributed by atoms with van der Waals surface area (Å²) in [6, 6.07) is 4.01. The molecule has 2 saturated heterocycles. The topological polar surface area (TPSA) is 54.4 Å². The molecule has 0 spiro atoms. The average molecular weight is 331 g/mol. The number of pyridine rings is 1. The Kier molecular flexibility index (Phi) is 4.39. The Hall–Kier alpha value is -1.73. The molecule has 0 radical (unpaired) electrons. The predicted octanol–water partition coefficient (Wildman–Crippen LogP) is 2.19. The standard InChI is InChI=1S/C16H21N5OS/c1-2-8-21(7-1)16-15(4-3-6-17-16)22-14-5-9-20(11-14)10-13-12-23-19-18-13/h3-4,6,12,14H,1-2,5,7-11H2/t14-/m1/s1. The van der Waals surface area contributed by atoms with Crippen molar-refractivity contribution in [2.45, 2.75) is 31.9 Å². The quantitative estimate of drug-likeness (QED) is 0.837. The molecule has 4 heterocycles. The second kappa shape index (κ2) is 6.80. The summed E-state index contributed by atoms with van der Waals surface area (Å²) in [5.41, 5.74) is 1.05. The molecule has 2 aromatic rings. The first-order valence-electron chi connectivity index (χ1n) is 8.23. The summed E-state index contributed by atoms with van der Waals surface area (Å²) < 4.78 is 10.2. The molecule has 7 heteroatoms. The first-order chi connectivity index (χ1) is 11.4. The van der Waals surface area contributed by atoms with Gasteiger partial charge in [0.15, 0.2) is 11.6 Å². The Balaban J connectivity index is 1.39. The number of anilines is 1. The van der Waals surface area contributed by atoms with E-state index in [1.165, 1.54) is 24.4 Å². The van der Waals surface area contributed by atoms with Crippen LogP contribution in [0.3, 0.4) is 0 Å². The van der Waals surface area contributed by atoms with E-state index < -0.39 is 0 Å². The van der Waals surface area contributed by atoms with Gasteiger partial charge >= 0.3 is 0 Å². The zero-order valence-corrected chi connectivity index (χ0v) is 13.9. The van der Waals surface area contributed by atoms with Crippen molar-refractivity contribution in [1.29, 1.82) is 0 Å². The monoisotopic (exact) mass is 331 g/mol. The van der Waals surface area contributed by atoms with Crippen LogP contribution in [-0.2, 0) is 6.54 Å². The van der Waals surface area contributed by atoms with Crippen molar-refractivity contribution in [3.05, 3.63) is 29.4 Å². The lowest BCUT2D eigenvalue weighted by atomic mass is 10.3. The maximum atomic E-state index is 6.29. The molecular weight excluding hydrogens is 310 g/mol. The zero-order valence-electron chi connectivity index (χ0n) is 13.1. The fraction of sp³-hybridized carbons (Fsp3) is 0.562. The molecule has 2 fully saturated rings. The molecule has 2 aliphatic heterocycles. The van der Waals surface area contributed by atoms with Gasteiger partial charge in [-0.1, -0.05) is 4.49 Å². The third-order valence-electron chi connectivity index (χ3n) is 4.47. The van der Waals surface area contributed by atoms with E-state index in [0.29, 0.717) is 0 Å². The van der Waals surface area contributed by atoms with Crippen LogP contribution >= 0.6 is 11.5 Å². The van der Waals surface area contributed by atoms with Gasteiger partial charge in [-0.2, -0.15) is 0 Å². The van der Waals surface area contributed by atoms with Gasteiger partial charge in [-0.15, -0.1) is 5.10 Å². The Morgan fingerprint density at radius 2 is 2.17 bits per heavy atom. The van der Waals surface area contributed by atoms with Gasteiger partial charge in [0, 0.05) is 44.3 Å². The first-order valence-corrected chi connectivity index (χ1v) is 9.07. The summed E-state index contributed by atoms with van der Waals surface area (Å²) in [5, 5.41) is 6.14. The Morgan fingerprint density at radius 3 is 3.00 bits per heavy atom. The van der Waals surface area contributed by atoms with Gasteiger partial charge in [-0.05, 0) is 42.9 Å². The molecular formula is C16H21N5OS. The van der Waals surface area contributed by atoms with Crippen molar-refractivity contribution < 1.29 is 4.74 Å². The molecule has 0 amide bonds. The Labute approximate surface area is 140 Å². The maximum absolute atomic E-state index is 6.29. The summed E-state index contributed by atoms with van der Waals surface area (Å²) in [4.78, 5) is 9.27. The molecule has 0 aromatic carbocycles. The predicted molar refractivity (Wildman–Crippen MR) is 89.9 cm³/mol. The van der Waals surface area contributed by atoms with Crippen LogP contribution in [0.15, 0.2) is 23.7 Å². The third-order valence-corrected chi connectivity index (χ3v) is 5.02.